The highest BCUT2D eigenvalue weighted by atomic mass is 35.5. The molecule has 0 heterocycles. The summed E-state index contributed by atoms with van der Waals surface area (Å²) in [5.41, 5.74) is 1.60. The van der Waals surface area contributed by atoms with Crippen LogP contribution in [-0.4, -0.2) is 13.2 Å². The quantitative estimate of drug-likeness (QED) is 0.781. The predicted molar refractivity (Wildman–Crippen MR) is 78.3 cm³/mol. The number of nitriles is 1. The van der Waals surface area contributed by atoms with Crippen molar-refractivity contribution in [3.8, 4) is 17.6 Å². The van der Waals surface area contributed by atoms with E-state index in [1.54, 1.807) is 18.2 Å². The van der Waals surface area contributed by atoms with Crippen molar-refractivity contribution in [2.24, 2.45) is 0 Å². The van der Waals surface area contributed by atoms with Crippen LogP contribution in [0.1, 0.15) is 11.1 Å². The van der Waals surface area contributed by atoms with Gasteiger partial charge in [0.2, 0.25) is 0 Å². The smallest absolute Gasteiger partial charge is 0.138 e. The van der Waals surface area contributed by atoms with Crippen molar-refractivity contribution in [3.05, 3.63) is 58.6 Å². The van der Waals surface area contributed by atoms with Crippen molar-refractivity contribution >= 4 is 11.6 Å². The molecule has 0 saturated heterocycles. The SMILES string of the molecule is Cc1ccc(OCCOc2ccccc2C#N)c(Cl)c1. The summed E-state index contributed by atoms with van der Waals surface area (Å²) in [5, 5.41) is 9.52. The van der Waals surface area contributed by atoms with Crippen LogP contribution >= 0.6 is 11.6 Å². The van der Waals surface area contributed by atoms with E-state index >= 15 is 0 Å². The van der Waals surface area contributed by atoms with E-state index in [0.29, 0.717) is 35.3 Å². The van der Waals surface area contributed by atoms with Crippen LogP contribution in [0.2, 0.25) is 5.02 Å². The third-order valence-electron chi connectivity index (χ3n) is 2.69. The van der Waals surface area contributed by atoms with Crippen molar-refractivity contribution in [3.63, 3.8) is 0 Å². The van der Waals surface area contributed by atoms with Crippen molar-refractivity contribution in [2.75, 3.05) is 13.2 Å². The van der Waals surface area contributed by atoms with Gasteiger partial charge in [-0.05, 0) is 36.8 Å². The van der Waals surface area contributed by atoms with Gasteiger partial charge in [-0.15, -0.1) is 0 Å². The average Bonchev–Trinajstić information content (AvgIpc) is 2.46. The highest BCUT2D eigenvalue weighted by Gasteiger charge is 2.03. The highest BCUT2D eigenvalue weighted by Crippen LogP contribution is 2.25. The number of halogens is 1. The number of hydrogen-bond donors (Lipinski definition) is 0. The molecule has 0 aromatic heterocycles. The Morgan fingerprint density at radius 1 is 1.05 bits per heavy atom. The molecule has 0 aliphatic heterocycles. The Kier molecular flexibility index (Phi) is 4.86. The van der Waals surface area contributed by atoms with E-state index < -0.39 is 0 Å². The molecule has 2 aromatic rings. The lowest BCUT2D eigenvalue weighted by atomic mass is 10.2. The molecule has 2 rings (SSSR count). The number of benzene rings is 2. The van der Waals surface area contributed by atoms with Crippen LogP contribution in [0.5, 0.6) is 11.5 Å². The van der Waals surface area contributed by atoms with Crippen LogP contribution < -0.4 is 9.47 Å². The van der Waals surface area contributed by atoms with Crippen molar-refractivity contribution in [1.29, 1.82) is 5.26 Å². The van der Waals surface area contributed by atoms with Gasteiger partial charge < -0.3 is 9.47 Å². The molecule has 0 spiro atoms. The van der Waals surface area contributed by atoms with E-state index in [4.69, 9.17) is 26.3 Å². The molecule has 0 N–H and O–H groups in total. The standard InChI is InChI=1S/C16H14ClNO2/c1-12-6-7-16(14(17)10-12)20-9-8-19-15-5-3-2-4-13(15)11-18/h2-7,10H,8-9H2,1H3. The van der Waals surface area contributed by atoms with Gasteiger partial charge in [0.1, 0.15) is 30.8 Å². The number of aryl methyl sites for hydroxylation is 1. The molecule has 0 saturated carbocycles. The molecule has 0 amide bonds. The first-order chi connectivity index (χ1) is 9.70. The second-order valence-electron chi connectivity index (χ2n) is 4.24. The molecule has 4 heteroatoms. The molecular formula is C16H14ClNO2. The minimum Gasteiger partial charge on any atom is -0.489 e. The zero-order valence-electron chi connectivity index (χ0n) is 11.1. The maximum Gasteiger partial charge on any atom is 0.138 e. The normalized spacial score (nSPS) is 9.85. The second-order valence-corrected chi connectivity index (χ2v) is 4.65. The fraction of sp³-hybridized carbons (Fsp3) is 0.188. The monoisotopic (exact) mass is 287 g/mol. The van der Waals surface area contributed by atoms with Gasteiger partial charge in [0.15, 0.2) is 0 Å². The first-order valence-electron chi connectivity index (χ1n) is 6.21. The number of hydrogen-bond acceptors (Lipinski definition) is 3. The van der Waals surface area contributed by atoms with Crippen LogP contribution in [0.3, 0.4) is 0 Å². The molecule has 0 aliphatic carbocycles. The van der Waals surface area contributed by atoms with Crippen LogP contribution in [-0.2, 0) is 0 Å². The summed E-state index contributed by atoms with van der Waals surface area (Å²) in [6.45, 7) is 2.68. The summed E-state index contributed by atoms with van der Waals surface area (Å²) >= 11 is 6.06. The van der Waals surface area contributed by atoms with E-state index in [2.05, 4.69) is 6.07 Å². The lowest BCUT2D eigenvalue weighted by Gasteiger charge is -2.10. The lowest BCUT2D eigenvalue weighted by Crippen LogP contribution is -2.09. The van der Waals surface area contributed by atoms with E-state index in [1.807, 2.05) is 31.2 Å². The van der Waals surface area contributed by atoms with E-state index in [1.165, 1.54) is 0 Å². The Labute approximate surface area is 123 Å². The Balaban J connectivity index is 1.86. The Morgan fingerprint density at radius 2 is 1.75 bits per heavy atom. The molecule has 2 aromatic carbocycles. The summed E-state index contributed by atoms with van der Waals surface area (Å²) in [6.07, 6.45) is 0. The van der Waals surface area contributed by atoms with Gasteiger partial charge in [-0.2, -0.15) is 5.26 Å². The molecular weight excluding hydrogens is 274 g/mol. The molecule has 0 aliphatic rings. The van der Waals surface area contributed by atoms with E-state index in [9.17, 15) is 0 Å². The minimum atomic E-state index is 0.350. The van der Waals surface area contributed by atoms with E-state index in [0.717, 1.165) is 5.56 Å². The summed E-state index contributed by atoms with van der Waals surface area (Å²) in [5.74, 6) is 1.20. The Hall–Kier alpha value is -2.18. The van der Waals surface area contributed by atoms with Crippen molar-refractivity contribution < 1.29 is 9.47 Å². The molecule has 0 atom stereocenters. The molecule has 0 bridgehead atoms. The third kappa shape index (κ3) is 3.66. The highest BCUT2D eigenvalue weighted by molar-refractivity contribution is 6.32. The zero-order valence-corrected chi connectivity index (χ0v) is 11.9. The van der Waals surface area contributed by atoms with Crippen LogP contribution in [0, 0.1) is 18.3 Å². The van der Waals surface area contributed by atoms with Gasteiger partial charge in [0.25, 0.3) is 0 Å². The molecule has 0 unspecified atom stereocenters. The van der Waals surface area contributed by atoms with Crippen LogP contribution in [0.25, 0.3) is 0 Å². The van der Waals surface area contributed by atoms with Gasteiger partial charge in [-0.1, -0.05) is 29.8 Å². The van der Waals surface area contributed by atoms with Gasteiger partial charge in [-0.3, -0.25) is 0 Å². The van der Waals surface area contributed by atoms with Gasteiger partial charge >= 0.3 is 0 Å². The molecule has 0 radical (unpaired) electrons. The van der Waals surface area contributed by atoms with Crippen LogP contribution in [0.4, 0.5) is 0 Å². The molecule has 0 fully saturated rings. The maximum atomic E-state index is 8.94. The molecule has 3 nitrogen and oxygen atoms in total. The summed E-state index contributed by atoms with van der Waals surface area (Å²) in [7, 11) is 0. The Bertz CT molecular complexity index is 635. The second kappa shape index (κ2) is 6.83. The third-order valence-corrected chi connectivity index (χ3v) is 2.99. The number of nitrogens with zero attached hydrogens (tertiary/aromatic N) is 1. The number of rotatable bonds is 5. The predicted octanol–water partition coefficient (Wildman–Crippen LogP) is 3.98. The first kappa shape index (κ1) is 14.2. The summed E-state index contributed by atoms with van der Waals surface area (Å²) < 4.78 is 11.1. The van der Waals surface area contributed by atoms with Gasteiger partial charge in [-0.25, -0.2) is 0 Å². The largest absolute Gasteiger partial charge is 0.489 e. The average molecular weight is 288 g/mol. The summed E-state index contributed by atoms with van der Waals surface area (Å²) in [4.78, 5) is 0. The number of para-hydroxylation sites is 1. The summed E-state index contributed by atoms with van der Waals surface area (Å²) in [6, 6.07) is 14.8. The van der Waals surface area contributed by atoms with Crippen molar-refractivity contribution in [2.45, 2.75) is 6.92 Å². The fourth-order valence-corrected chi connectivity index (χ4v) is 2.00. The van der Waals surface area contributed by atoms with Crippen LogP contribution in [0.15, 0.2) is 42.5 Å². The fourth-order valence-electron chi connectivity index (χ4n) is 1.71. The minimum absolute atomic E-state index is 0.350. The van der Waals surface area contributed by atoms with Crippen molar-refractivity contribution in [1.82, 2.24) is 0 Å². The number of ether oxygens (including phenoxy) is 2. The maximum absolute atomic E-state index is 8.94. The van der Waals surface area contributed by atoms with E-state index in [-0.39, 0.29) is 0 Å². The molecule has 20 heavy (non-hydrogen) atoms. The lowest BCUT2D eigenvalue weighted by molar-refractivity contribution is 0.217. The topological polar surface area (TPSA) is 42.2 Å². The first-order valence-corrected chi connectivity index (χ1v) is 6.59. The van der Waals surface area contributed by atoms with Gasteiger partial charge in [0.05, 0.1) is 10.6 Å². The Morgan fingerprint density at radius 3 is 2.45 bits per heavy atom. The van der Waals surface area contributed by atoms with Gasteiger partial charge in [0, 0.05) is 0 Å². The molecule has 102 valence electrons. The zero-order chi connectivity index (χ0) is 14.4.